The molecule has 0 fully saturated rings. The van der Waals surface area contributed by atoms with Gasteiger partial charge in [0, 0.05) is 16.4 Å². The van der Waals surface area contributed by atoms with Crippen molar-refractivity contribution in [2.45, 2.75) is 4.90 Å². The van der Waals surface area contributed by atoms with E-state index in [1.807, 2.05) is 36.4 Å². The molecule has 1 amide bonds. The number of anilines is 1. The van der Waals surface area contributed by atoms with E-state index in [1.54, 1.807) is 25.1 Å². The minimum Gasteiger partial charge on any atom is -0.497 e. The first kappa shape index (κ1) is 17.2. The lowest BCUT2D eigenvalue weighted by atomic mass is 10.3. The number of thioether (sulfide) groups is 1. The summed E-state index contributed by atoms with van der Waals surface area (Å²) in [5.41, 5.74) is 0.699. The van der Waals surface area contributed by atoms with E-state index in [4.69, 9.17) is 16.3 Å². The maximum absolute atomic E-state index is 12.3. The summed E-state index contributed by atoms with van der Waals surface area (Å²) in [7, 11) is 3.36. The number of benzene rings is 2. The van der Waals surface area contributed by atoms with E-state index in [0.29, 0.717) is 16.5 Å². The van der Waals surface area contributed by atoms with Gasteiger partial charge >= 0.3 is 0 Å². The quantitative estimate of drug-likeness (QED) is 0.671. The molecule has 6 heteroatoms. The summed E-state index contributed by atoms with van der Waals surface area (Å²) in [4.78, 5) is 14.9. The predicted octanol–water partition coefficient (Wildman–Crippen LogP) is 4.87. The van der Waals surface area contributed by atoms with Crippen LogP contribution in [0.4, 0.5) is 5.69 Å². The van der Waals surface area contributed by atoms with E-state index in [0.717, 1.165) is 15.1 Å². The molecule has 0 aliphatic rings. The van der Waals surface area contributed by atoms with Crippen LogP contribution in [-0.2, 0) is 4.79 Å². The van der Waals surface area contributed by atoms with Crippen molar-refractivity contribution in [3.8, 4) is 5.75 Å². The third-order valence-corrected chi connectivity index (χ3v) is 4.86. The Hall–Kier alpha value is -1.17. The maximum Gasteiger partial charge on any atom is 0.237 e. The molecule has 0 bridgehead atoms. The Balaban J connectivity index is 1.98. The van der Waals surface area contributed by atoms with E-state index < -0.39 is 0 Å². The predicted molar refractivity (Wildman–Crippen MR) is 96.3 cm³/mol. The zero-order chi connectivity index (χ0) is 16.1. The van der Waals surface area contributed by atoms with Crippen molar-refractivity contribution < 1.29 is 9.53 Å². The fourth-order valence-electron chi connectivity index (χ4n) is 1.80. The van der Waals surface area contributed by atoms with Crippen LogP contribution in [0.25, 0.3) is 0 Å². The second kappa shape index (κ2) is 7.90. The molecule has 0 saturated carbocycles. The number of hydrogen-bond donors (Lipinski definition) is 0. The van der Waals surface area contributed by atoms with Crippen LogP contribution in [0.3, 0.4) is 0 Å². The van der Waals surface area contributed by atoms with Crippen molar-refractivity contribution in [1.29, 1.82) is 0 Å². The summed E-state index contributed by atoms with van der Waals surface area (Å²) in [6, 6.07) is 13.1. The van der Waals surface area contributed by atoms with Crippen molar-refractivity contribution in [2.75, 3.05) is 24.8 Å². The molecule has 0 atom stereocenters. The third kappa shape index (κ3) is 4.41. The standard InChI is InChI=1S/C16H15BrClNO2S/c1-19(15-8-3-11(17)9-14(15)18)16(20)10-22-13-6-4-12(21-2)5-7-13/h3-9H,10H2,1-2H3. The van der Waals surface area contributed by atoms with Crippen molar-refractivity contribution in [2.24, 2.45) is 0 Å². The first-order valence-corrected chi connectivity index (χ1v) is 8.65. The molecule has 2 aromatic carbocycles. The number of nitrogens with zero attached hydrogens (tertiary/aromatic N) is 1. The number of carbonyl (C=O) groups excluding carboxylic acids is 1. The molecule has 2 rings (SSSR count). The molecule has 0 aliphatic heterocycles. The second-order valence-corrected chi connectivity index (χ2v) is 6.88. The molecule has 0 aromatic heterocycles. The number of halogens is 2. The van der Waals surface area contributed by atoms with Crippen LogP contribution in [0.1, 0.15) is 0 Å². The van der Waals surface area contributed by atoms with Gasteiger partial charge in [-0.25, -0.2) is 0 Å². The van der Waals surface area contributed by atoms with Crippen molar-refractivity contribution >= 4 is 50.9 Å². The minimum absolute atomic E-state index is 0.00922. The van der Waals surface area contributed by atoms with Crippen LogP contribution in [0, 0.1) is 0 Å². The van der Waals surface area contributed by atoms with Crippen molar-refractivity contribution in [3.05, 3.63) is 52.0 Å². The highest BCUT2D eigenvalue weighted by Crippen LogP contribution is 2.29. The molecule has 0 saturated heterocycles. The fourth-order valence-corrected chi connectivity index (χ4v) is 3.41. The average molecular weight is 401 g/mol. The Kier molecular flexibility index (Phi) is 6.17. The SMILES string of the molecule is COc1ccc(SCC(=O)N(C)c2ccc(Br)cc2Cl)cc1. The van der Waals surface area contributed by atoms with Crippen LogP contribution in [0.2, 0.25) is 5.02 Å². The molecular formula is C16H15BrClNO2S. The summed E-state index contributed by atoms with van der Waals surface area (Å²) < 4.78 is 5.99. The summed E-state index contributed by atoms with van der Waals surface area (Å²) in [6.45, 7) is 0. The molecule has 3 nitrogen and oxygen atoms in total. The lowest BCUT2D eigenvalue weighted by molar-refractivity contribution is -0.115. The monoisotopic (exact) mass is 399 g/mol. The normalized spacial score (nSPS) is 10.4. The van der Waals surface area contributed by atoms with Crippen LogP contribution in [-0.4, -0.2) is 25.8 Å². The molecule has 0 spiro atoms. The fraction of sp³-hybridized carbons (Fsp3) is 0.188. The molecule has 2 aromatic rings. The Morgan fingerprint density at radius 1 is 1.27 bits per heavy atom. The van der Waals surface area contributed by atoms with Gasteiger partial charge in [-0.05, 0) is 42.5 Å². The largest absolute Gasteiger partial charge is 0.497 e. The number of rotatable bonds is 5. The van der Waals surface area contributed by atoms with Crippen LogP contribution in [0.5, 0.6) is 5.75 Å². The van der Waals surface area contributed by atoms with Gasteiger partial charge in [-0.3, -0.25) is 4.79 Å². The number of amides is 1. The van der Waals surface area contributed by atoms with Crippen LogP contribution < -0.4 is 9.64 Å². The molecule has 0 aliphatic carbocycles. The zero-order valence-corrected chi connectivity index (χ0v) is 15.3. The number of carbonyl (C=O) groups is 1. The second-order valence-electron chi connectivity index (χ2n) is 4.51. The first-order valence-electron chi connectivity index (χ1n) is 6.49. The van der Waals surface area contributed by atoms with E-state index in [9.17, 15) is 4.79 Å². The molecule has 116 valence electrons. The lowest BCUT2D eigenvalue weighted by Crippen LogP contribution is -2.28. The summed E-state index contributed by atoms with van der Waals surface area (Å²) >= 11 is 11.0. The minimum atomic E-state index is -0.00922. The summed E-state index contributed by atoms with van der Waals surface area (Å²) in [5.74, 6) is 1.13. The smallest absolute Gasteiger partial charge is 0.237 e. The van der Waals surface area contributed by atoms with Crippen molar-refractivity contribution in [3.63, 3.8) is 0 Å². The Bertz CT molecular complexity index is 664. The van der Waals surface area contributed by atoms with Crippen molar-refractivity contribution in [1.82, 2.24) is 0 Å². The Morgan fingerprint density at radius 2 is 1.95 bits per heavy atom. The summed E-state index contributed by atoms with van der Waals surface area (Å²) in [6.07, 6.45) is 0. The molecule has 0 unspecified atom stereocenters. The van der Waals surface area contributed by atoms with Gasteiger partial charge in [0.2, 0.25) is 5.91 Å². The molecule has 0 radical (unpaired) electrons. The Morgan fingerprint density at radius 3 is 2.55 bits per heavy atom. The van der Waals surface area contributed by atoms with Crippen LogP contribution in [0.15, 0.2) is 51.8 Å². The maximum atomic E-state index is 12.3. The van der Waals surface area contributed by atoms with Gasteiger partial charge in [0.15, 0.2) is 0 Å². The van der Waals surface area contributed by atoms with E-state index in [2.05, 4.69) is 15.9 Å². The van der Waals surface area contributed by atoms with E-state index in [-0.39, 0.29) is 5.91 Å². The molecule has 0 N–H and O–H groups in total. The number of hydrogen-bond acceptors (Lipinski definition) is 3. The Labute approximate surface area is 147 Å². The molecule has 0 heterocycles. The van der Waals surface area contributed by atoms with Gasteiger partial charge in [0.05, 0.1) is 23.6 Å². The van der Waals surface area contributed by atoms with E-state index >= 15 is 0 Å². The van der Waals surface area contributed by atoms with Gasteiger partial charge < -0.3 is 9.64 Å². The zero-order valence-electron chi connectivity index (χ0n) is 12.2. The lowest BCUT2D eigenvalue weighted by Gasteiger charge is -2.18. The molecule has 22 heavy (non-hydrogen) atoms. The average Bonchev–Trinajstić information content (AvgIpc) is 2.52. The third-order valence-electron chi connectivity index (χ3n) is 3.07. The topological polar surface area (TPSA) is 29.5 Å². The highest BCUT2D eigenvalue weighted by molar-refractivity contribution is 9.10. The van der Waals surface area contributed by atoms with Gasteiger partial charge in [-0.15, -0.1) is 11.8 Å². The highest BCUT2D eigenvalue weighted by atomic mass is 79.9. The highest BCUT2D eigenvalue weighted by Gasteiger charge is 2.14. The number of methoxy groups -OCH3 is 1. The summed E-state index contributed by atoms with van der Waals surface area (Å²) in [5, 5.41) is 0.541. The van der Waals surface area contributed by atoms with Gasteiger partial charge in [0.1, 0.15) is 5.75 Å². The van der Waals surface area contributed by atoms with Crippen LogP contribution >= 0.6 is 39.3 Å². The van der Waals surface area contributed by atoms with Gasteiger partial charge in [0.25, 0.3) is 0 Å². The number of ether oxygens (including phenoxy) is 1. The van der Waals surface area contributed by atoms with Gasteiger partial charge in [-0.1, -0.05) is 27.5 Å². The van der Waals surface area contributed by atoms with Gasteiger partial charge in [-0.2, -0.15) is 0 Å². The first-order chi connectivity index (χ1) is 10.5. The molecular weight excluding hydrogens is 386 g/mol. The van der Waals surface area contributed by atoms with E-state index in [1.165, 1.54) is 11.8 Å².